The molecule has 0 unspecified atom stereocenters. The Labute approximate surface area is 380 Å². The standard InChI is InChI=1S/C29H40O3.C28H38O3/c1-9-28(31,10-2)19-22(7)25-15-13-23(17-20(25)5)29(11-3,12-4)24-14-16-26(21(6)18-24)27(30)32-8;1-8-27(31,9-2)18-21(7)24-14-12-22(16-19(24)5)28(10-3,11-4)23-13-15-25(26(29)30)20(6)17-23/h13-19,31H,9-12H2,1-8H3;12-18,31H,8-11H2,1-7H3,(H,29,30)/b22-19+;21-18+. The molecule has 0 fully saturated rings. The van der Waals surface area contributed by atoms with Crippen LogP contribution in [-0.4, -0.2) is 45.6 Å². The summed E-state index contributed by atoms with van der Waals surface area (Å²) >= 11 is 0. The highest BCUT2D eigenvalue weighted by atomic mass is 16.5. The molecule has 0 saturated heterocycles. The van der Waals surface area contributed by atoms with Crippen molar-refractivity contribution < 1.29 is 29.6 Å². The molecule has 342 valence electrons. The van der Waals surface area contributed by atoms with Gasteiger partial charge in [-0.15, -0.1) is 0 Å². The van der Waals surface area contributed by atoms with Crippen molar-refractivity contribution in [3.05, 3.63) is 152 Å². The predicted molar refractivity (Wildman–Crippen MR) is 264 cm³/mol. The van der Waals surface area contributed by atoms with Crippen LogP contribution in [0.5, 0.6) is 0 Å². The molecule has 3 N–H and O–H groups in total. The van der Waals surface area contributed by atoms with Gasteiger partial charge in [0.25, 0.3) is 0 Å². The number of methoxy groups -OCH3 is 1. The van der Waals surface area contributed by atoms with Gasteiger partial charge in [-0.1, -0.05) is 116 Å². The molecule has 4 aromatic carbocycles. The average molecular weight is 859 g/mol. The molecule has 0 aliphatic rings. The highest BCUT2D eigenvalue weighted by Gasteiger charge is 2.33. The Kier molecular flexibility index (Phi) is 18.5. The summed E-state index contributed by atoms with van der Waals surface area (Å²) in [7, 11) is 1.42. The van der Waals surface area contributed by atoms with Crippen LogP contribution in [0.4, 0.5) is 0 Å². The van der Waals surface area contributed by atoms with E-state index in [1.165, 1.54) is 40.5 Å². The van der Waals surface area contributed by atoms with Gasteiger partial charge in [-0.25, -0.2) is 9.59 Å². The van der Waals surface area contributed by atoms with Crippen LogP contribution in [0.25, 0.3) is 11.1 Å². The van der Waals surface area contributed by atoms with Crippen molar-refractivity contribution >= 4 is 23.1 Å². The van der Waals surface area contributed by atoms with Gasteiger partial charge in [0.05, 0.1) is 29.4 Å². The van der Waals surface area contributed by atoms with Crippen molar-refractivity contribution in [1.82, 2.24) is 0 Å². The molecule has 0 amide bonds. The fraction of sp³-hybridized carbons (Fsp3) is 0.474. The third-order valence-corrected chi connectivity index (χ3v) is 14.4. The van der Waals surface area contributed by atoms with Gasteiger partial charge in [0, 0.05) is 10.8 Å². The highest BCUT2D eigenvalue weighted by Crippen LogP contribution is 2.42. The molecular weight excluding hydrogens is 781 g/mol. The summed E-state index contributed by atoms with van der Waals surface area (Å²) in [6.45, 7) is 29.2. The normalized spacial score (nSPS) is 12.8. The number of esters is 1. The Hall–Kier alpha value is -4.78. The minimum atomic E-state index is -0.885. The lowest BCUT2D eigenvalue weighted by molar-refractivity contribution is 0.0598. The second-order valence-corrected chi connectivity index (χ2v) is 17.8. The number of allylic oxidation sites excluding steroid dienone is 2. The first-order chi connectivity index (χ1) is 29.7. The number of carboxylic acid groups (broad SMARTS) is 1. The molecule has 0 spiro atoms. The minimum Gasteiger partial charge on any atom is -0.478 e. The molecule has 0 bridgehead atoms. The molecule has 4 aromatic rings. The van der Waals surface area contributed by atoms with Gasteiger partial charge in [0.1, 0.15) is 0 Å². The van der Waals surface area contributed by atoms with E-state index in [1.54, 1.807) is 6.07 Å². The number of hydrogen-bond acceptors (Lipinski definition) is 5. The topological polar surface area (TPSA) is 104 Å². The van der Waals surface area contributed by atoms with Crippen LogP contribution in [0, 0.1) is 27.7 Å². The van der Waals surface area contributed by atoms with E-state index < -0.39 is 17.2 Å². The molecule has 0 atom stereocenters. The maximum Gasteiger partial charge on any atom is 0.338 e. The maximum absolute atomic E-state index is 12.0. The molecular formula is C57H78O6. The van der Waals surface area contributed by atoms with Crippen LogP contribution >= 0.6 is 0 Å². The first kappa shape index (κ1) is 52.6. The highest BCUT2D eigenvalue weighted by molar-refractivity contribution is 5.91. The Bertz CT molecular complexity index is 2260. The summed E-state index contributed by atoms with van der Waals surface area (Å²) in [6.07, 6.45) is 10.6. The van der Waals surface area contributed by atoms with Crippen molar-refractivity contribution in [2.24, 2.45) is 0 Å². The van der Waals surface area contributed by atoms with Crippen LogP contribution in [0.1, 0.15) is 197 Å². The van der Waals surface area contributed by atoms with E-state index in [4.69, 9.17) is 4.74 Å². The summed E-state index contributed by atoms with van der Waals surface area (Å²) in [6, 6.07) is 25.2. The Morgan fingerprint density at radius 2 is 0.746 bits per heavy atom. The minimum absolute atomic E-state index is 0.131. The van der Waals surface area contributed by atoms with E-state index in [2.05, 4.69) is 104 Å². The first-order valence-corrected chi connectivity index (χ1v) is 23.3. The van der Waals surface area contributed by atoms with Crippen LogP contribution in [0.15, 0.2) is 84.9 Å². The first-order valence-electron chi connectivity index (χ1n) is 23.3. The van der Waals surface area contributed by atoms with Gasteiger partial charge in [-0.3, -0.25) is 0 Å². The quantitative estimate of drug-likeness (QED) is 0.0861. The zero-order valence-corrected chi connectivity index (χ0v) is 41.3. The van der Waals surface area contributed by atoms with Gasteiger partial charge >= 0.3 is 11.9 Å². The number of aryl methyl sites for hydroxylation is 4. The van der Waals surface area contributed by atoms with E-state index in [1.807, 2.05) is 71.9 Å². The average Bonchev–Trinajstić information content (AvgIpc) is 3.27. The summed E-state index contributed by atoms with van der Waals surface area (Å²) in [5.41, 5.74) is 12.7. The van der Waals surface area contributed by atoms with Crippen molar-refractivity contribution in [2.45, 2.75) is 170 Å². The van der Waals surface area contributed by atoms with Gasteiger partial charge in [0.15, 0.2) is 0 Å². The number of ether oxygens (including phenoxy) is 1. The number of benzene rings is 4. The number of rotatable bonds is 18. The SMILES string of the molecule is CCC(O)(/C=C(\C)c1ccc(C(CC)(CC)c2ccc(C(=O)O)c(C)c2)cc1C)CC.CCC(O)(/C=C(\C)c1ccc(C(CC)(CC)c2ccc(C(=O)OC)c(C)c2)cc1C)CC. The third kappa shape index (κ3) is 11.5. The van der Waals surface area contributed by atoms with Crippen LogP contribution < -0.4 is 0 Å². The molecule has 0 radical (unpaired) electrons. The molecule has 0 aromatic heterocycles. The zero-order valence-electron chi connectivity index (χ0n) is 41.3. The smallest absolute Gasteiger partial charge is 0.338 e. The lowest BCUT2D eigenvalue weighted by Gasteiger charge is -2.34. The molecule has 6 heteroatoms. The van der Waals surface area contributed by atoms with E-state index in [0.29, 0.717) is 36.8 Å². The molecule has 63 heavy (non-hydrogen) atoms. The van der Waals surface area contributed by atoms with E-state index in [-0.39, 0.29) is 16.8 Å². The number of aliphatic hydroxyl groups is 2. The number of carbonyl (C=O) groups excluding carboxylic acids is 1. The largest absolute Gasteiger partial charge is 0.478 e. The van der Waals surface area contributed by atoms with Gasteiger partial charge < -0.3 is 20.1 Å². The van der Waals surface area contributed by atoms with E-state index in [9.17, 15) is 24.9 Å². The van der Waals surface area contributed by atoms with Gasteiger partial charge in [-0.05, 0) is 184 Å². The van der Waals surface area contributed by atoms with Crippen LogP contribution in [-0.2, 0) is 15.6 Å². The summed E-state index contributed by atoms with van der Waals surface area (Å²) in [5.74, 6) is -1.18. The molecule has 0 saturated carbocycles. The fourth-order valence-corrected chi connectivity index (χ4v) is 9.65. The van der Waals surface area contributed by atoms with Gasteiger partial charge in [-0.2, -0.15) is 0 Å². The zero-order chi connectivity index (χ0) is 47.5. The number of aromatic carboxylic acids is 1. The molecule has 0 aliphatic heterocycles. The number of hydrogen-bond donors (Lipinski definition) is 3. The van der Waals surface area contributed by atoms with Gasteiger partial charge in [0.2, 0.25) is 0 Å². The summed E-state index contributed by atoms with van der Waals surface area (Å²) in [5, 5.41) is 30.9. The van der Waals surface area contributed by atoms with Crippen LogP contribution in [0.3, 0.4) is 0 Å². The van der Waals surface area contributed by atoms with E-state index >= 15 is 0 Å². The monoisotopic (exact) mass is 859 g/mol. The second-order valence-electron chi connectivity index (χ2n) is 17.8. The Morgan fingerprint density at radius 3 is 0.968 bits per heavy atom. The second kappa shape index (κ2) is 22.2. The maximum atomic E-state index is 12.0. The fourth-order valence-electron chi connectivity index (χ4n) is 9.65. The summed E-state index contributed by atoms with van der Waals surface area (Å²) in [4.78, 5) is 23.5. The number of carboxylic acids is 1. The Balaban J connectivity index is 0.000000335. The van der Waals surface area contributed by atoms with Crippen molar-refractivity contribution in [3.63, 3.8) is 0 Å². The van der Waals surface area contributed by atoms with Crippen LogP contribution in [0.2, 0.25) is 0 Å². The summed E-state index contributed by atoms with van der Waals surface area (Å²) < 4.78 is 4.92. The number of carbonyl (C=O) groups is 2. The molecule has 6 nitrogen and oxygen atoms in total. The van der Waals surface area contributed by atoms with Crippen molar-refractivity contribution in [3.8, 4) is 0 Å². The third-order valence-electron chi connectivity index (χ3n) is 14.4. The Morgan fingerprint density at radius 1 is 0.476 bits per heavy atom. The molecule has 0 aliphatic carbocycles. The predicted octanol–water partition coefficient (Wildman–Crippen LogP) is 14.2. The lowest BCUT2D eigenvalue weighted by atomic mass is 9.69. The molecule has 0 heterocycles. The van der Waals surface area contributed by atoms with Crippen molar-refractivity contribution in [2.75, 3.05) is 7.11 Å². The van der Waals surface area contributed by atoms with E-state index in [0.717, 1.165) is 59.1 Å². The molecule has 4 rings (SSSR count). The van der Waals surface area contributed by atoms with Crippen molar-refractivity contribution in [1.29, 1.82) is 0 Å². The lowest BCUT2D eigenvalue weighted by Crippen LogP contribution is -2.27.